The third-order valence-electron chi connectivity index (χ3n) is 4.30. The van der Waals surface area contributed by atoms with Gasteiger partial charge in [0, 0.05) is 18.6 Å². The summed E-state index contributed by atoms with van der Waals surface area (Å²) in [6.07, 6.45) is 0. The fourth-order valence-corrected chi connectivity index (χ4v) is 2.98. The zero-order chi connectivity index (χ0) is 12.2. The molecule has 2 aromatic rings. The lowest BCUT2D eigenvalue weighted by Gasteiger charge is -2.17. The van der Waals surface area contributed by atoms with Gasteiger partial charge in [0.1, 0.15) is 7.05 Å². The van der Waals surface area contributed by atoms with Crippen LogP contribution in [0.25, 0.3) is 10.8 Å². The van der Waals surface area contributed by atoms with Crippen LogP contribution >= 0.6 is 0 Å². The fourth-order valence-electron chi connectivity index (χ4n) is 2.98. The first-order valence-corrected chi connectivity index (χ1v) is 6.13. The van der Waals surface area contributed by atoms with Gasteiger partial charge in [-0.25, -0.2) is 4.58 Å². The number of hydrogen-bond donors (Lipinski definition) is 0. The van der Waals surface area contributed by atoms with Crippen LogP contribution in [0.2, 0.25) is 0 Å². The summed E-state index contributed by atoms with van der Waals surface area (Å²) in [5, 5.41) is 2.72. The molecule has 0 N–H and O–H groups in total. The molecule has 0 amide bonds. The summed E-state index contributed by atoms with van der Waals surface area (Å²) in [4.78, 5) is 0. The molecule has 0 saturated heterocycles. The van der Waals surface area contributed by atoms with Crippen molar-refractivity contribution in [3.63, 3.8) is 0 Å². The lowest BCUT2D eigenvalue weighted by molar-refractivity contribution is -0.402. The summed E-state index contributed by atoms with van der Waals surface area (Å²) in [6.45, 7) is 6.86. The van der Waals surface area contributed by atoms with Crippen molar-refractivity contribution in [1.29, 1.82) is 0 Å². The molecule has 0 saturated carbocycles. The van der Waals surface area contributed by atoms with Gasteiger partial charge in [-0.2, -0.15) is 0 Å². The molecule has 1 heterocycles. The minimum Gasteiger partial charge on any atom is -1.00 e. The van der Waals surface area contributed by atoms with Crippen molar-refractivity contribution in [2.45, 2.75) is 26.2 Å². The second-order valence-electron chi connectivity index (χ2n) is 5.45. The predicted octanol–water partition coefficient (Wildman–Crippen LogP) is 0.870. The zero-order valence-corrected chi connectivity index (χ0v) is 12.0. The van der Waals surface area contributed by atoms with E-state index in [2.05, 4.69) is 68.8 Å². The number of nitrogens with zero attached hydrogens (tertiary/aromatic N) is 1. The molecule has 0 aromatic heterocycles. The number of halogens is 1. The first-order chi connectivity index (χ1) is 8.03. The predicted molar refractivity (Wildman–Crippen MR) is 73.5 cm³/mol. The number of benzene rings is 2. The lowest BCUT2D eigenvalue weighted by Crippen LogP contribution is -3.00. The Morgan fingerprint density at radius 1 is 1.00 bits per heavy atom. The van der Waals surface area contributed by atoms with Gasteiger partial charge < -0.3 is 12.4 Å². The second kappa shape index (κ2) is 4.10. The van der Waals surface area contributed by atoms with Crippen LogP contribution in [0.4, 0.5) is 5.69 Å². The molecule has 0 atom stereocenters. The Morgan fingerprint density at radius 2 is 1.67 bits per heavy atom. The molecule has 1 nitrogen and oxygen atoms in total. The van der Waals surface area contributed by atoms with E-state index in [9.17, 15) is 0 Å². The Morgan fingerprint density at radius 3 is 2.39 bits per heavy atom. The molecule has 1 aliphatic rings. The van der Waals surface area contributed by atoms with Crippen LogP contribution in [0.1, 0.15) is 26.3 Å². The molecule has 0 unspecified atom stereocenters. The third-order valence-corrected chi connectivity index (χ3v) is 4.30. The number of rotatable bonds is 0. The van der Waals surface area contributed by atoms with E-state index in [1.807, 2.05) is 0 Å². The highest BCUT2D eigenvalue weighted by atomic mass is 35.5. The molecular weight excluding hydrogens is 242 g/mol. The molecule has 0 fully saturated rings. The summed E-state index contributed by atoms with van der Waals surface area (Å²) in [7, 11) is 2.16. The van der Waals surface area contributed by atoms with Crippen molar-refractivity contribution in [3.8, 4) is 0 Å². The van der Waals surface area contributed by atoms with Gasteiger partial charge in [-0.05, 0) is 30.7 Å². The Bertz CT molecular complexity index is 653. The average molecular weight is 260 g/mol. The van der Waals surface area contributed by atoms with Crippen molar-refractivity contribution in [2.24, 2.45) is 0 Å². The Balaban J connectivity index is 0.00000120. The highest BCUT2D eigenvalue weighted by molar-refractivity contribution is 6.01. The summed E-state index contributed by atoms with van der Waals surface area (Å²) in [6, 6.07) is 13.1. The third kappa shape index (κ3) is 1.50. The maximum absolute atomic E-state index is 2.32. The Labute approximate surface area is 115 Å². The Kier molecular flexibility index (Phi) is 2.98. The van der Waals surface area contributed by atoms with E-state index in [1.54, 1.807) is 0 Å². The summed E-state index contributed by atoms with van der Waals surface area (Å²) < 4.78 is 2.32. The van der Waals surface area contributed by atoms with Gasteiger partial charge in [-0.1, -0.05) is 24.3 Å². The Hall–Kier alpha value is -1.34. The van der Waals surface area contributed by atoms with Crippen molar-refractivity contribution >= 4 is 22.2 Å². The molecule has 0 bridgehead atoms. The molecule has 1 aliphatic heterocycles. The SMILES string of the molecule is CC1=[N+](C)c2ccc3ccccc3c2C1(C)C.[Cl-]. The van der Waals surface area contributed by atoms with E-state index in [-0.39, 0.29) is 17.8 Å². The van der Waals surface area contributed by atoms with Gasteiger partial charge in [0.25, 0.3) is 0 Å². The zero-order valence-electron chi connectivity index (χ0n) is 11.3. The number of fused-ring (bicyclic) bond motifs is 3. The molecule has 0 aliphatic carbocycles. The van der Waals surface area contributed by atoms with Crippen LogP contribution in [0.5, 0.6) is 0 Å². The minimum absolute atomic E-state index is 0. The van der Waals surface area contributed by atoms with Crippen LogP contribution < -0.4 is 12.4 Å². The minimum atomic E-state index is 0. The van der Waals surface area contributed by atoms with Gasteiger partial charge >= 0.3 is 0 Å². The molecule has 2 aromatic carbocycles. The highest BCUT2D eigenvalue weighted by Crippen LogP contribution is 2.42. The van der Waals surface area contributed by atoms with E-state index in [0.29, 0.717) is 0 Å². The topological polar surface area (TPSA) is 3.01 Å². The van der Waals surface area contributed by atoms with Crippen LogP contribution in [0, 0.1) is 0 Å². The smallest absolute Gasteiger partial charge is 0.209 e. The maximum Gasteiger partial charge on any atom is 0.209 e. The van der Waals surface area contributed by atoms with Gasteiger partial charge in [0.2, 0.25) is 5.69 Å². The van der Waals surface area contributed by atoms with Crippen molar-refractivity contribution in [3.05, 3.63) is 42.0 Å². The van der Waals surface area contributed by atoms with Crippen molar-refractivity contribution in [1.82, 2.24) is 0 Å². The van der Waals surface area contributed by atoms with E-state index in [0.717, 1.165) is 0 Å². The molecule has 0 radical (unpaired) electrons. The molecule has 2 heteroatoms. The maximum atomic E-state index is 2.32. The number of hydrogen-bond acceptors (Lipinski definition) is 0. The van der Waals surface area contributed by atoms with E-state index >= 15 is 0 Å². The van der Waals surface area contributed by atoms with Crippen LogP contribution in [-0.4, -0.2) is 17.3 Å². The molecule has 3 rings (SSSR count). The lowest BCUT2D eigenvalue weighted by atomic mass is 9.80. The van der Waals surface area contributed by atoms with E-state index in [4.69, 9.17) is 0 Å². The molecule has 94 valence electrons. The van der Waals surface area contributed by atoms with Crippen molar-refractivity contribution in [2.75, 3.05) is 7.05 Å². The van der Waals surface area contributed by atoms with Crippen molar-refractivity contribution < 1.29 is 17.0 Å². The monoisotopic (exact) mass is 259 g/mol. The van der Waals surface area contributed by atoms with Crippen LogP contribution in [-0.2, 0) is 5.41 Å². The normalized spacial score (nSPS) is 16.7. The largest absolute Gasteiger partial charge is 1.00 e. The molecular formula is C16H18ClN. The highest BCUT2D eigenvalue weighted by Gasteiger charge is 2.42. The van der Waals surface area contributed by atoms with Gasteiger partial charge in [0.15, 0.2) is 5.71 Å². The first kappa shape index (κ1) is 13.1. The summed E-state index contributed by atoms with van der Waals surface area (Å²) in [5.41, 5.74) is 4.37. The molecule has 0 spiro atoms. The first-order valence-electron chi connectivity index (χ1n) is 6.13. The summed E-state index contributed by atoms with van der Waals surface area (Å²) >= 11 is 0. The fraction of sp³-hybridized carbons (Fsp3) is 0.312. The van der Waals surface area contributed by atoms with E-state index in [1.165, 1.54) is 27.7 Å². The van der Waals surface area contributed by atoms with Gasteiger partial charge in [-0.3, -0.25) is 0 Å². The summed E-state index contributed by atoms with van der Waals surface area (Å²) in [5.74, 6) is 0. The standard InChI is InChI=1S/C16H18N.ClH/c1-11-16(2,3)15-13-8-6-5-7-12(13)9-10-14(15)17(11)4;/h5-10H,1-4H3;1H/q+1;/p-1. The van der Waals surface area contributed by atoms with Gasteiger partial charge in [0.05, 0.1) is 5.41 Å². The molecule has 18 heavy (non-hydrogen) atoms. The quantitative estimate of drug-likeness (QED) is 0.618. The van der Waals surface area contributed by atoms with Gasteiger partial charge in [-0.15, -0.1) is 0 Å². The average Bonchev–Trinajstić information content (AvgIpc) is 2.51. The van der Waals surface area contributed by atoms with Crippen LogP contribution in [0.3, 0.4) is 0 Å². The van der Waals surface area contributed by atoms with E-state index < -0.39 is 0 Å². The second-order valence-corrected chi connectivity index (χ2v) is 5.45. The van der Waals surface area contributed by atoms with Crippen LogP contribution in [0.15, 0.2) is 36.4 Å².